The van der Waals surface area contributed by atoms with E-state index in [1.54, 1.807) is 6.07 Å². The van der Waals surface area contributed by atoms with Crippen LogP contribution in [0.2, 0.25) is 5.02 Å². The number of ether oxygens (including phenoxy) is 1. The molecule has 6 heteroatoms. The first-order valence-corrected chi connectivity index (χ1v) is 12.9. The molecule has 1 amide bonds. The van der Waals surface area contributed by atoms with Crippen LogP contribution in [-0.4, -0.2) is 28.6 Å². The van der Waals surface area contributed by atoms with E-state index >= 15 is 0 Å². The Balaban J connectivity index is 1.32. The zero-order chi connectivity index (χ0) is 25.5. The molecule has 0 atom stereocenters. The van der Waals surface area contributed by atoms with Crippen LogP contribution in [0.4, 0.5) is 0 Å². The van der Waals surface area contributed by atoms with Gasteiger partial charge in [0.15, 0.2) is 0 Å². The third-order valence-corrected chi connectivity index (χ3v) is 6.60. The standard InChI is InChI=1S/C30H34ClN3O2/c1-30(2,3)23-13-15-24(16-14-23)36-20-8-19-34-27-12-7-6-11-26(27)33-28(34)17-18-32-29(35)21-22-9-4-5-10-25(22)31/h4-7,9-16H,8,17-21H2,1-3H3,(H,32,35). The number of aromatic nitrogens is 2. The molecule has 0 aliphatic heterocycles. The number of nitrogens with one attached hydrogen (secondary N) is 1. The third-order valence-electron chi connectivity index (χ3n) is 6.23. The molecule has 4 rings (SSSR count). The van der Waals surface area contributed by atoms with Crippen molar-refractivity contribution in [2.75, 3.05) is 13.2 Å². The molecule has 1 heterocycles. The molecule has 36 heavy (non-hydrogen) atoms. The maximum Gasteiger partial charge on any atom is 0.224 e. The third kappa shape index (κ3) is 6.67. The number of para-hydroxylation sites is 2. The van der Waals surface area contributed by atoms with Crippen molar-refractivity contribution < 1.29 is 9.53 Å². The number of nitrogens with zero attached hydrogens (tertiary/aromatic N) is 2. The van der Waals surface area contributed by atoms with Crippen LogP contribution >= 0.6 is 11.6 Å². The average Bonchev–Trinajstić information content (AvgIpc) is 3.20. The minimum atomic E-state index is -0.0448. The molecule has 0 fully saturated rings. The Kier molecular flexibility index (Phi) is 8.32. The number of amides is 1. The second kappa shape index (κ2) is 11.6. The van der Waals surface area contributed by atoms with E-state index in [2.05, 4.69) is 48.9 Å². The number of aryl methyl sites for hydroxylation is 1. The first-order chi connectivity index (χ1) is 17.3. The zero-order valence-corrected chi connectivity index (χ0v) is 22.0. The van der Waals surface area contributed by atoms with E-state index in [1.807, 2.05) is 48.5 Å². The van der Waals surface area contributed by atoms with Gasteiger partial charge in [0.05, 0.1) is 24.1 Å². The summed E-state index contributed by atoms with van der Waals surface area (Å²) in [5.74, 6) is 1.81. The number of carbonyl (C=O) groups is 1. The molecular formula is C30H34ClN3O2. The van der Waals surface area contributed by atoms with Gasteiger partial charge in [-0.1, -0.05) is 74.8 Å². The van der Waals surface area contributed by atoms with Crippen molar-refractivity contribution in [1.29, 1.82) is 0 Å². The molecule has 4 aromatic rings. The maximum absolute atomic E-state index is 12.4. The van der Waals surface area contributed by atoms with Gasteiger partial charge in [0.1, 0.15) is 11.6 Å². The van der Waals surface area contributed by atoms with Crippen LogP contribution in [0.15, 0.2) is 72.8 Å². The molecule has 0 aliphatic rings. The summed E-state index contributed by atoms with van der Waals surface area (Å²) < 4.78 is 8.24. The molecule has 0 radical (unpaired) electrons. The van der Waals surface area contributed by atoms with Crippen molar-refractivity contribution in [3.63, 3.8) is 0 Å². The lowest BCUT2D eigenvalue weighted by molar-refractivity contribution is -0.120. The number of hydrogen-bond donors (Lipinski definition) is 1. The van der Waals surface area contributed by atoms with Gasteiger partial charge in [-0.25, -0.2) is 4.98 Å². The number of benzene rings is 3. The first-order valence-electron chi connectivity index (χ1n) is 12.5. The largest absolute Gasteiger partial charge is 0.494 e. The minimum Gasteiger partial charge on any atom is -0.494 e. The van der Waals surface area contributed by atoms with Crippen LogP contribution in [0.3, 0.4) is 0 Å². The Labute approximate surface area is 218 Å². The molecule has 0 spiro atoms. The fraction of sp³-hybridized carbons (Fsp3) is 0.333. The van der Waals surface area contributed by atoms with E-state index in [1.165, 1.54) is 5.56 Å². The van der Waals surface area contributed by atoms with Crippen LogP contribution in [-0.2, 0) is 29.6 Å². The van der Waals surface area contributed by atoms with Crippen LogP contribution in [0.25, 0.3) is 11.0 Å². The molecule has 5 nitrogen and oxygen atoms in total. The highest BCUT2D eigenvalue weighted by Gasteiger charge is 2.14. The minimum absolute atomic E-state index is 0.0448. The average molecular weight is 504 g/mol. The highest BCUT2D eigenvalue weighted by atomic mass is 35.5. The SMILES string of the molecule is CC(C)(C)c1ccc(OCCCn2c(CCNC(=O)Cc3ccccc3Cl)nc3ccccc32)cc1. The van der Waals surface area contributed by atoms with Gasteiger partial charge in [-0.05, 0) is 53.3 Å². The second-order valence-corrected chi connectivity index (χ2v) is 10.4. The summed E-state index contributed by atoms with van der Waals surface area (Å²) in [7, 11) is 0. The topological polar surface area (TPSA) is 56.1 Å². The molecule has 0 aliphatic carbocycles. The Morgan fingerprint density at radius 3 is 2.47 bits per heavy atom. The summed E-state index contributed by atoms with van der Waals surface area (Å²) in [6.07, 6.45) is 1.77. The Bertz CT molecular complexity index is 1310. The second-order valence-electron chi connectivity index (χ2n) is 10.0. The predicted molar refractivity (Wildman–Crippen MR) is 147 cm³/mol. The van der Waals surface area contributed by atoms with Gasteiger partial charge in [0, 0.05) is 24.5 Å². The number of carbonyl (C=O) groups excluding carboxylic acids is 1. The normalized spacial score (nSPS) is 11.6. The zero-order valence-electron chi connectivity index (χ0n) is 21.3. The molecule has 0 saturated heterocycles. The van der Waals surface area contributed by atoms with Gasteiger partial charge >= 0.3 is 0 Å². The van der Waals surface area contributed by atoms with E-state index in [0.29, 0.717) is 24.6 Å². The van der Waals surface area contributed by atoms with Crippen LogP contribution < -0.4 is 10.1 Å². The lowest BCUT2D eigenvalue weighted by atomic mass is 9.87. The molecule has 0 bridgehead atoms. The number of hydrogen-bond acceptors (Lipinski definition) is 3. The summed E-state index contributed by atoms with van der Waals surface area (Å²) in [5, 5.41) is 3.62. The van der Waals surface area contributed by atoms with Crippen molar-refractivity contribution >= 4 is 28.5 Å². The van der Waals surface area contributed by atoms with Crippen molar-refractivity contribution in [3.8, 4) is 5.75 Å². The molecule has 188 valence electrons. The summed E-state index contributed by atoms with van der Waals surface area (Å²) in [4.78, 5) is 17.2. The van der Waals surface area contributed by atoms with Crippen molar-refractivity contribution in [1.82, 2.24) is 14.9 Å². The van der Waals surface area contributed by atoms with Crippen LogP contribution in [0.1, 0.15) is 44.1 Å². The summed E-state index contributed by atoms with van der Waals surface area (Å²) in [6, 6.07) is 23.9. The first kappa shape index (κ1) is 25.8. The van der Waals surface area contributed by atoms with E-state index in [0.717, 1.165) is 41.1 Å². The van der Waals surface area contributed by atoms with E-state index in [-0.39, 0.29) is 17.7 Å². The van der Waals surface area contributed by atoms with Crippen molar-refractivity contribution in [2.24, 2.45) is 0 Å². The molecular weight excluding hydrogens is 470 g/mol. The fourth-order valence-corrected chi connectivity index (χ4v) is 4.42. The predicted octanol–water partition coefficient (Wildman–Crippen LogP) is 6.36. The van der Waals surface area contributed by atoms with Gasteiger partial charge in [-0.3, -0.25) is 4.79 Å². The summed E-state index contributed by atoms with van der Waals surface area (Å²) >= 11 is 6.18. The highest BCUT2D eigenvalue weighted by molar-refractivity contribution is 6.31. The van der Waals surface area contributed by atoms with Crippen molar-refractivity contribution in [2.45, 2.75) is 52.0 Å². The van der Waals surface area contributed by atoms with E-state index < -0.39 is 0 Å². The maximum atomic E-state index is 12.4. The fourth-order valence-electron chi connectivity index (χ4n) is 4.22. The molecule has 1 N–H and O–H groups in total. The smallest absolute Gasteiger partial charge is 0.224 e. The van der Waals surface area contributed by atoms with Crippen LogP contribution in [0, 0.1) is 0 Å². The van der Waals surface area contributed by atoms with Gasteiger partial charge < -0.3 is 14.6 Å². The van der Waals surface area contributed by atoms with Gasteiger partial charge in [0.25, 0.3) is 0 Å². The van der Waals surface area contributed by atoms with Gasteiger partial charge in [-0.15, -0.1) is 0 Å². The van der Waals surface area contributed by atoms with Crippen molar-refractivity contribution in [3.05, 3.63) is 94.8 Å². The lowest BCUT2D eigenvalue weighted by Crippen LogP contribution is -2.28. The number of fused-ring (bicyclic) bond motifs is 1. The molecule has 0 saturated carbocycles. The summed E-state index contributed by atoms with van der Waals surface area (Å²) in [5.41, 5.74) is 4.32. The quantitative estimate of drug-likeness (QED) is 0.256. The van der Waals surface area contributed by atoms with Gasteiger partial charge in [-0.2, -0.15) is 0 Å². The Hall–Kier alpha value is -3.31. The monoisotopic (exact) mass is 503 g/mol. The molecule has 1 aromatic heterocycles. The van der Waals surface area contributed by atoms with E-state index in [9.17, 15) is 4.79 Å². The molecule has 3 aromatic carbocycles. The number of halogens is 1. The molecule has 0 unspecified atom stereocenters. The van der Waals surface area contributed by atoms with Gasteiger partial charge in [0.2, 0.25) is 5.91 Å². The lowest BCUT2D eigenvalue weighted by Gasteiger charge is -2.19. The highest BCUT2D eigenvalue weighted by Crippen LogP contribution is 2.24. The number of imidazole rings is 1. The Morgan fingerprint density at radius 1 is 1.00 bits per heavy atom. The van der Waals surface area contributed by atoms with Crippen LogP contribution in [0.5, 0.6) is 5.75 Å². The summed E-state index contributed by atoms with van der Waals surface area (Å²) in [6.45, 7) is 8.56. The number of rotatable bonds is 10. The van der Waals surface area contributed by atoms with E-state index in [4.69, 9.17) is 21.3 Å². The Morgan fingerprint density at radius 2 is 1.72 bits per heavy atom.